The Morgan fingerprint density at radius 3 is 2.21 bits per heavy atom. The van der Waals surface area contributed by atoms with E-state index < -0.39 is 0 Å². The third kappa shape index (κ3) is 5.42. The third-order valence-corrected chi connectivity index (χ3v) is 4.52. The summed E-state index contributed by atoms with van der Waals surface area (Å²) < 4.78 is 0. The number of phenols is 2. The van der Waals surface area contributed by atoms with E-state index in [4.69, 9.17) is 11.6 Å². The van der Waals surface area contributed by atoms with Gasteiger partial charge in [0.25, 0.3) is 0 Å². The van der Waals surface area contributed by atoms with Crippen LogP contribution in [0.3, 0.4) is 0 Å². The summed E-state index contributed by atoms with van der Waals surface area (Å²) in [6, 6.07) is 17.2. The van der Waals surface area contributed by atoms with Crippen molar-refractivity contribution in [3.05, 3.63) is 76.8 Å². The molecule has 0 fully saturated rings. The Morgan fingerprint density at radius 2 is 1.52 bits per heavy atom. The van der Waals surface area contributed by atoms with E-state index in [2.05, 4.69) is 36.0 Å². The van der Waals surface area contributed by atoms with E-state index in [1.54, 1.807) is 42.5 Å². The van der Waals surface area contributed by atoms with Gasteiger partial charge in [0, 0.05) is 16.8 Å². The van der Waals surface area contributed by atoms with Crippen molar-refractivity contribution in [2.75, 3.05) is 0 Å². The molecule has 0 aliphatic heterocycles. The first-order chi connectivity index (χ1) is 13.7. The molecule has 0 unspecified atom stereocenters. The van der Waals surface area contributed by atoms with Crippen LogP contribution >= 0.6 is 11.6 Å². The molecule has 0 aliphatic carbocycles. The van der Waals surface area contributed by atoms with Gasteiger partial charge >= 0.3 is 0 Å². The van der Waals surface area contributed by atoms with Crippen LogP contribution in [0.1, 0.15) is 31.9 Å². The lowest BCUT2D eigenvalue weighted by molar-refractivity contribution is 0.473. The Bertz CT molecular complexity index is 1090. The molecule has 0 amide bonds. The van der Waals surface area contributed by atoms with Crippen LogP contribution < -0.4 is 0 Å². The number of hydrogen-bond acceptors (Lipinski definition) is 5. The highest BCUT2D eigenvalue weighted by Gasteiger charge is 2.15. The van der Waals surface area contributed by atoms with E-state index in [-0.39, 0.29) is 16.9 Å². The molecule has 3 aromatic rings. The topological polar surface area (TPSA) is 77.5 Å². The molecule has 6 heteroatoms. The maximum Gasteiger partial charge on any atom is 0.141 e. The number of benzene rings is 3. The van der Waals surface area contributed by atoms with Gasteiger partial charge in [0.15, 0.2) is 0 Å². The molecule has 0 aliphatic rings. The fourth-order valence-corrected chi connectivity index (χ4v) is 2.78. The van der Waals surface area contributed by atoms with Crippen LogP contribution in [0.25, 0.3) is 0 Å². The van der Waals surface area contributed by atoms with Crippen LogP contribution in [-0.4, -0.2) is 16.4 Å². The number of nitrogens with zero attached hydrogens (tertiary/aromatic N) is 3. The number of rotatable bonds is 4. The minimum atomic E-state index is -0.0687. The summed E-state index contributed by atoms with van der Waals surface area (Å²) in [6.07, 6.45) is 1.50. The summed E-state index contributed by atoms with van der Waals surface area (Å²) in [5, 5.41) is 29.2. The second-order valence-corrected chi connectivity index (χ2v) is 8.07. The number of halogens is 1. The minimum absolute atomic E-state index is 0.0573. The van der Waals surface area contributed by atoms with Crippen LogP contribution in [0.15, 0.2) is 75.9 Å². The lowest BCUT2D eigenvalue weighted by Crippen LogP contribution is -2.10. The van der Waals surface area contributed by atoms with Crippen molar-refractivity contribution in [1.29, 1.82) is 0 Å². The molecule has 0 saturated heterocycles. The van der Waals surface area contributed by atoms with E-state index in [0.29, 0.717) is 27.6 Å². The van der Waals surface area contributed by atoms with Crippen LogP contribution in [0.4, 0.5) is 17.1 Å². The van der Waals surface area contributed by atoms with Crippen LogP contribution in [0.2, 0.25) is 5.02 Å². The zero-order chi connectivity index (χ0) is 21.0. The van der Waals surface area contributed by atoms with Gasteiger partial charge in [-0.25, -0.2) is 0 Å². The van der Waals surface area contributed by atoms with E-state index in [1.807, 2.05) is 12.1 Å². The van der Waals surface area contributed by atoms with Gasteiger partial charge in [0.2, 0.25) is 0 Å². The van der Waals surface area contributed by atoms with Crippen molar-refractivity contribution < 1.29 is 10.2 Å². The molecular weight excluding hydrogens is 386 g/mol. The molecule has 0 aromatic heterocycles. The SMILES string of the molecule is CC(C)(C)c1ccc(O)c(N=Cc2cc(N=Nc3cccc(Cl)c3)ccc2O)c1. The minimum Gasteiger partial charge on any atom is -0.507 e. The molecule has 0 atom stereocenters. The molecule has 0 radical (unpaired) electrons. The normalized spacial score (nSPS) is 12.1. The maximum absolute atomic E-state index is 10.1. The zero-order valence-corrected chi connectivity index (χ0v) is 17.2. The highest BCUT2D eigenvalue weighted by atomic mass is 35.5. The molecular formula is C23H22ClN3O2. The van der Waals surface area contributed by atoms with Gasteiger partial charge in [-0.3, -0.25) is 4.99 Å². The summed E-state index contributed by atoms with van der Waals surface area (Å²) in [7, 11) is 0. The Kier molecular flexibility index (Phi) is 5.99. The van der Waals surface area contributed by atoms with Crippen molar-refractivity contribution >= 4 is 34.9 Å². The van der Waals surface area contributed by atoms with E-state index in [9.17, 15) is 10.2 Å². The van der Waals surface area contributed by atoms with Crippen molar-refractivity contribution in [3.63, 3.8) is 0 Å². The summed E-state index contributed by atoms with van der Waals surface area (Å²) in [5.41, 5.74) is 3.06. The monoisotopic (exact) mass is 407 g/mol. The Hall–Kier alpha value is -3.18. The average molecular weight is 408 g/mol. The van der Waals surface area contributed by atoms with Gasteiger partial charge in [-0.1, -0.05) is 44.5 Å². The first-order valence-corrected chi connectivity index (χ1v) is 9.48. The van der Waals surface area contributed by atoms with Gasteiger partial charge < -0.3 is 10.2 Å². The summed E-state index contributed by atoms with van der Waals surface area (Å²) in [6.45, 7) is 6.27. The first-order valence-electron chi connectivity index (χ1n) is 9.10. The smallest absolute Gasteiger partial charge is 0.141 e. The second-order valence-electron chi connectivity index (χ2n) is 7.63. The lowest BCUT2D eigenvalue weighted by atomic mass is 9.87. The molecule has 3 rings (SSSR count). The predicted molar refractivity (Wildman–Crippen MR) is 118 cm³/mol. The van der Waals surface area contributed by atoms with Gasteiger partial charge in [-0.2, -0.15) is 10.2 Å². The highest BCUT2D eigenvalue weighted by molar-refractivity contribution is 6.30. The van der Waals surface area contributed by atoms with Crippen molar-refractivity contribution in [2.45, 2.75) is 26.2 Å². The molecule has 29 heavy (non-hydrogen) atoms. The van der Waals surface area contributed by atoms with Crippen LogP contribution in [-0.2, 0) is 5.41 Å². The molecule has 0 spiro atoms. The van der Waals surface area contributed by atoms with Gasteiger partial charge in [-0.15, -0.1) is 0 Å². The van der Waals surface area contributed by atoms with Gasteiger partial charge in [0.05, 0.1) is 11.4 Å². The fraction of sp³-hybridized carbons (Fsp3) is 0.174. The highest BCUT2D eigenvalue weighted by Crippen LogP contribution is 2.33. The van der Waals surface area contributed by atoms with Crippen LogP contribution in [0, 0.1) is 0 Å². The summed E-state index contributed by atoms with van der Waals surface area (Å²) >= 11 is 5.95. The molecule has 3 aromatic carbocycles. The number of aromatic hydroxyl groups is 2. The van der Waals surface area contributed by atoms with E-state index >= 15 is 0 Å². The number of aliphatic imine (C=N–C) groups is 1. The molecule has 0 saturated carbocycles. The lowest BCUT2D eigenvalue weighted by Gasteiger charge is -2.19. The Balaban J connectivity index is 1.87. The molecule has 5 nitrogen and oxygen atoms in total. The largest absolute Gasteiger partial charge is 0.507 e. The number of azo groups is 1. The maximum atomic E-state index is 10.1. The number of phenolic OH excluding ortho intramolecular Hbond substituents is 2. The van der Waals surface area contributed by atoms with Crippen molar-refractivity contribution in [1.82, 2.24) is 0 Å². The second kappa shape index (κ2) is 8.45. The van der Waals surface area contributed by atoms with Crippen molar-refractivity contribution in [3.8, 4) is 11.5 Å². The van der Waals surface area contributed by atoms with Crippen molar-refractivity contribution in [2.24, 2.45) is 15.2 Å². The van der Waals surface area contributed by atoms with Gasteiger partial charge in [-0.05, 0) is 59.5 Å². The quantitative estimate of drug-likeness (QED) is 0.354. The molecule has 2 N–H and O–H groups in total. The third-order valence-electron chi connectivity index (χ3n) is 4.28. The molecule has 148 valence electrons. The van der Waals surface area contributed by atoms with Crippen LogP contribution in [0.5, 0.6) is 11.5 Å². The Labute approximate surface area is 175 Å². The summed E-state index contributed by atoms with van der Waals surface area (Å²) in [4.78, 5) is 4.36. The average Bonchev–Trinajstić information content (AvgIpc) is 2.66. The first kappa shape index (κ1) is 20.6. The number of hydrogen-bond donors (Lipinski definition) is 2. The van der Waals surface area contributed by atoms with E-state index in [1.165, 1.54) is 12.3 Å². The molecule has 0 bridgehead atoms. The van der Waals surface area contributed by atoms with Gasteiger partial charge in [0.1, 0.15) is 17.2 Å². The Morgan fingerprint density at radius 1 is 0.828 bits per heavy atom. The fourth-order valence-electron chi connectivity index (χ4n) is 2.59. The standard InChI is InChI=1S/C23H22ClN3O2/c1-23(2,3)16-7-9-22(29)20(12-16)25-14-15-11-19(8-10-21(15)28)27-26-18-6-4-5-17(24)13-18/h4-14,28-29H,1-3H3. The van der Waals surface area contributed by atoms with E-state index in [0.717, 1.165) is 5.56 Å². The summed E-state index contributed by atoms with van der Waals surface area (Å²) in [5.74, 6) is 0.132. The zero-order valence-electron chi connectivity index (χ0n) is 16.5. The predicted octanol–water partition coefficient (Wildman–Crippen LogP) is 7.21. The molecule has 0 heterocycles.